The number of sulfone groups is 1. The molecule has 3 heterocycles. The van der Waals surface area contributed by atoms with Gasteiger partial charge in [0.05, 0.1) is 34.5 Å². The normalized spacial score (nSPS) is 23.9. The third-order valence-electron chi connectivity index (χ3n) is 7.49. The Morgan fingerprint density at radius 1 is 1.09 bits per heavy atom. The van der Waals surface area contributed by atoms with E-state index in [-0.39, 0.29) is 49.0 Å². The number of hydrogen-bond donors (Lipinski definition) is 1. The quantitative estimate of drug-likeness (QED) is 0.640. The van der Waals surface area contributed by atoms with Gasteiger partial charge in [-0.2, -0.15) is 13.2 Å². The molecule has 0 saturated carbocycles. The van der Waals surface area contributed by atoms with Crippen LogP contribution in [0.2, 0.25) is 5.02 Å². The van der Waals surface area contributed by atoms with E-state index in [9.17, 15) is 26.4 Å². The number of nitrogens with one attached hydrogen (secondary N) is 1. The third-order valence-corrected chi connectivity index (χ3v) is 9.38. The zero-order valence-electron chi connectivity index (χ0n) is 18.8. The molecule has 5 rings (SSSR count). The molecule has 2 aromatic rings. The van der Waals surface area contributed by atoms with E-state index in [4.69, 9.17) is 11.6 Å². The van der Waals surface area contributed by atoms with Crippen LogP contribution in [0.4, 0.5) is 18.9 Å². The number of benzene rings is 1. The lowest BCUT2D eigenvalue weighted by Crippen LogP contribution is -2.45. The van der Waals surface area contributed by atoms with Crippen molar-refractivity contribution in [3.8, 4) is 0 Å². The standard InChI is InChI=1S/C24H25ClF3N3O3S/c25-17-2-1-15-12-19(13-16(15)11-17)30-18-3-4-20(29-14-18)21(24(26,27)28)31-8-5-23(22(31)32)6-9-35(33,34)10-7-23/h1-4,11,14,19,21,30H,5-10,12-13H2. The second kappa shape index (κ2) is 8.65. The number of likely N-dealkylation sites (tertiary alicyclic amines) is 1. The molecule has 35 heavy (non-hydrogen) atoms. The van der Waals surface area contributed by atoms with E-state index in [0.29, 0.717) is 10.7 Å². The number of halogens is 4. The minimum atomic E-state index is -4.71. The maximum Gasteiger partial charge on any atom is 0.414 e. The largest absolute Gasteiger partial charge is 0.414 e. The Kier molecular flexibility index (Phi) is 6.03. The molecule has 3 aliphatic rings. The Bertz CT molecular complexity index is 1240. The fraction of sp³-hybridized carbons (Fsp3) is 0.500. The van der Waals surface area contributed by atoms with Crippen LogP contribution in [-0.2, 0) is 27.5 Å². The molecule has 6 nitrogen and oxygen atoms in total. The monoisotopic (exact) mass is 527 g/mol. The number of aromatic nitrogens is 1. The summed E-state index contributed by atoms with van der Waals surface area (Å²) in [5.41, 5.74) is 1.65. The van der Waals surface area contributed by atoms with Gasteiger partial charge in [0, 0.05) is 17.6 Å². The minimum absolute atomic E-state index is 0.0700. The highest BCUT2D eigenvalue weighted by Gasteiger charge is 2.56. The first-order valence-corrected chi connectivity index (χ1v) is 13.7. The lowest BCUT2D eigenvalue weighted by Gasteiger charge is -2.34. The summed E-state index contributed by atoms with van der Waals surface area (Å²) < 4.78 is 66.1. The van der Waals surface area contributed by atoms with Crippen LogP contribution >= 0.6 is 11.6 Å². The first-order valence-electron chi connectivity index (χ1n) is 11.5. The number of fused-ring (bicyclic) bond motifs is 1. The van der Waals surface area contributed by atoms with Crippen molar-refractivity contribution >= 4 is 33.0 Å². The van der Waals surface area contributed by atoms with Gasteiger partial charge in [-0.3, -0.25) is 9.78 Å². The number of pyridine rings is 1. The summed E-state index contributed by atoms with van der Waals surface area (Å²) in [6.07, 6.45) is -1.45. The van der Waals surface area contributed by atoms with E-state index in [0.717, 1.165) is 23.3 Å². The fourth-order valence-electron chi connectivity index (χ4n) is 5.57. The van der Waals surface area contributed by atoms with Crippen LogP contribution in [0, 0.1) is 5.41 Å². The van der Waals surface area contributed by atoms with Gasteiger partial charge in [0.15, 0.2) is 6.04 Å². The van der Waals surface area contributed by atoms with Crippen LogP contribution in [0.15, 0.2) is 36.5 Å². The molecule has 1 aliphatic carbocycles. The summed E-state index contributed by atoms with van der Waals surface area (Å²) in [7, 11) is -3.24. The van der Waals surface area contributed by atoms with Gasteiger partial charge in [-0.15, -0.1) is 0 Å². The van der Waals surface area contributed by atoms with Gasteiger partial charge in [-0.1, -0.05) is 17.7 Å². The number of carbonyl (C=O) groups excluding carboxylic acids is 1. The second-order valence-corrected chi connectivity index (χ2v) is 12.5. The van der Waals surface area contributed by atoms with Crippen molar-refractivity contribution < 1.29 is 26.4 Å². The Hall–Kier alpha value is -2.33. The molecule has 1 amide bonds. The maximum absolute atomic E-state index is 14.2. The highest BCUT2D eigenvalue weighted by atomic mass is 35.5. The van der Waals surface area contributed by atoms with Gasteiger partial charge in [0.2, 0.25) is 5.91 Å². The van der Waals surface area contributed by atoms with Crippen molar-refractivity contribution in [2.75, 3.05) is 23.4 Å². The molecule has 2 saturated heterocycles. The van der Waals surface area contributed by atoms with Gasteiger partial charge < -0.3 is 10.2 Å². The summed E-state index contributed by atoms with van der Waals surface area (Å²) in [6.45, 7) is -0.0758. The molecule has 2 fully saturated rings. The molecule has 1 aromatic heterocycles. The zero-order chi connectivity index (χ0) is 25.0. The van der Waals surface area contributed by atoms with Crippen molar-refractivity contribution in [3.63, 3.8) is 0 Å². The smallest absolute Gasteiger partial charge is 0.380 e. The van der Waals surface area contributed by atoms with Crippen molar-refractivity contribution in [3.05, 3.63) is 58.4 Å². The summed E-state index contributed by atoms with van der Waals surface area (Å²) in [5, 5.41) is 3.99. The van der Waals surface area contributed by atoms with Crippen molar-refractivity contribution in [2.24, 2.45) is 5.41 Å². The summed E-state index contributed by atoms with van der Waals surface area (Å²) in [6, 6.07) is 6.53. The lowest BCUT2D eigenvalue weighted by atomic mass is 9.80. The molecule has 1 N–H and O–H groups in total. The van der Waals surface area contributed by atoms with Crippen LogP contribution in [0.25, 0.3) is 0 Å². The highest BCUT2D eigenvalue weighted by molar-refractivity contribution is 7.91. The number of carbonyl (C=O) groups is 1. The minimum Gasteiger partial charge on any atom is -0.380 e. The summed E-state index contributed by atoms with van der Waals surface area (Å²) in [5.74, 6) is -0.959. The summed E-state index contributed by atoms with van der Waals surface area (Å²) in [4.78, 5) is 18.1. The van der Waals surface area contributed by atoms with E-state index in [1.165, 1.54) is 17.8 Å². The second-order valence-electron chi connectivity index (χ2n) is 9.76. The summed E-state index contributed by atoms with van der Waals surface area (Å²) >= 11 is 6.06. The molecular formula is C24H25ClF3N3O3S. The number of rotatable bonds is 4. The Labute approximate surface area is 206 Å². The predicted octanol–water partition coefficient (Wildman–Crippen LogP) is 4.35. The molecule has 1 aromatic carbocycles. The Balaban J connectivity index is 1.31. The number of alkyl halides is 3. The van der Waals surface area contributed by atoms with Gasteiger partial charge >= 0.3 is 6.18 Å². The molecule has 0 radical (unpaired) electrons. The first kappa shape index (κ1) is 24.4. The molecule has 11 heteroatoms. The molecule has 1 spiro atoms. The number of anilines is 1. The fourth-order valence-corrected chi connectivity index (χ4v) is 7.37. The van der Waals surface area contributed by atoms with Crippen molar-refractivity contribution in [2.45, 2.75) is 50.4 Å². The Morgan fingerprint density at radius 3 is 2.46 bits per heavy atom. The molecule has 2 unspecified atom stereocenters. The van der Waals surface area contributed by atoms with Crippen LogP contribution < -0.4 is 5.32 Å². The van der Waals surface area contributed by atoms with Gasteiger partial charge in [0.1, 0.15) is 9.84 Å². The number of amides is 1. The molecule has 2 atom stereocenters. The van der Waals surface area contributed by atoms with Crippen LogP contribution in [-0.4, -0.2) is 54.5 Å². The average molecular weight is 528 g/mol. The van der Waals surface area contributed by atoms with E-state index in [2.05, 4.69) is 10.3 Å². The van der Waals surface area contributed by atoms with E-state index < -0.39 is 33.4 Å². The Morgan fingerprint density at radius 2 is 1.80 bits per heavy atom. The van der Waals surface area contributed by atoms with Crippen LogP contribution in [0.1, 0.15) is 42.1 Å². The van der Waals surface area contributed by atoms with Gasteiger partial charge in [0.25, 0.3) is 0 Å². The van der Waals surface area contributed by atoms with E-state index >= 15 is 0 Å². The van der Waals surface area contributed by atoms with Gasteiger partial charge in [-0.05, 0) is 67.5 Å². The zero-order valence-corrected chi connectivity index (χ0v) is 20.4. The number of nitrogens with zero attached hydrogens (tertiary/aromatic N) is 2. The van der Waals surface area contributed by atoms with Crippen LogP contribution in [0.5, 0.6) is 0 Å². The SMILES string of the molecule is O=C1N(C(c2ccc(NC3Cc4ccc(Cl)cc4C3)cn2)C(F)(F)F)CCC12CCS(=O)(=O)CC2. The lowest BCUT2D eigenvalue weighted by molar-refractivity contribution is -0.191. The first-order chi connectivity index (χ1) is 16.5. The maximum atomic E-state index is 14.2. The van der Waals surface area contributed by atoms with Crippen LogP contribution in [0.3, 0.4) is 0 Å². The molecule has 188 valence electrons. The van der Waals surface area contributed by atoms with E-state index in [1.54, 1.807) is 6.07 Å². The van der Waals surface area contributed by atoms with Crippen molar-refractivity contribution in [1.82, 2.24) is 9.88 Å². The third kappa shape index (κ3) is 4.74. The molecule has 2 aliphatic heterocycles. The topological polar surface area (TPSA) is 79.4 Å². The molecule has 0 bridgehead atoms. The van der Waals surface area contributed by atoms with Crippen molar-refractivity contribution in [1.29, 1.82) is 0 Å². The van der Waals surface area contributed by atoms with Gasteiger partial charge in [-0.25, -0.2) is 8.42 Å². The predicted molar refractivity (Wildman–Crippen MR) is 126 cm³/mol. The molecular weight excluding hydrogens is 503 g/mol. The number of hydrogen-bond acceptors (Lipinski definition) is 5. The average Bonchev–Trinajstić information content (AvgIpc) is 3.32. The highest BCUT2D eigenvalue weighted by Crippen LogP contribution is 2.48. The van der Waals surface area contributed by atoms with E-state index in [1.807, 2.05) is 18.2 Å².